The predicted octanol–water partition coefficient (Wildman–Crippen LogP) is 0.785. The van der Waals surface area contributed by atoms with Crippen molar-refractivity contribution in [2.24, 2.45) is 7.05 Å². The number of esters is 1. The number of ether oxygens (including phenoxy) is 1. The number of aromatic nitrogens is 1. The first kappa shape index (κ1) is 20.2. The van der Waals surface area contributed by atoms with Crippen LogP contribution in [0.25, 0.3) is 0 Å². The highest BCUT2D eigenvalue weighted by Gasteiger charge is 2.21. The Morgan fingerprint density at radius 3 is 2.46 bits per heavy atom. The number of nitrogens with one attached hydrogen (secondary N) is 2. The molecule has 2 N–H and O–H groups in total. The summed E-state index contributed by atoms with van der Waals surface area (Å²) < 4.78 is 33.1. The van der Waals surface area contributed by atoms with Crippen LogP contribution < -0.4 is 10.0 Å². The normalized spacial score (nSPS) is 12.0. The van der Waals surface area contributed by atoms with Gasteiger partial charge in [0.05, 0.1) is 6.61 Å². The molecule has 1 aromatic rings. The fourth-order valence-corrected chi connectivity index (χ4v) is 3.05. The van der Waals surface area contributed by atoms with Crippen LogP contribution in [0, 0.1) is 0 Å². The lowest BCUT2D eigenvalue weighted by Gasteiger charge is -2.20. The number of aryl methyl sites for hydroxylation is 1. The lowest BCUT2D eigenvalue weighted by atomic mass is 10.1. The molecule has 0 aliphatic heterocycles. The first-order valence-corrected chi connectivity index (χ1v) is 9.09. The van der Waals surface area contributed by atoms with Crippen molar-refractivity contribution in [2.45, 2.75) is 44.6 Å². The molecule has 0 aliphatic rings. The van der Waals surface area contributed by atoms with Gasteiger partial charge in [-0.2, -0.15) is 0 Å². The number of carbonyl (C=O) groups excluding carboxylic acids is 2. The van der Waals surface area contributed by atoms with Gasteiger partial charge in [-0.1, -0.05) is 0 Å². The van der Waals surface area contributed by atoms with E-state index >= 15 is 0 Å². The largest absolute Gasteiger partial charge is 0.461 e. The van der Waals surface area contributed by atoms with Gasteiger partial charge in [-0.15, -0.1) is 0 Å². The van der Waals surface area contributed by atoms with Crippen LogP contribution >= 0.6 is 0 Å². The molecule has 0 atom stereocenters. The predicted molar refractivity (Wildman–Crippen MR) is 89.1 cm³/mol. The van der Waals surface area contributed by atoms with Gasteiger partial charge in [0.1, 0.15) is 10.6 Å². The SMILES string of the molecule is CCOC(=O)c1cc(S(=O)(=O)NCCC(=O)NC(C)(C)C)cn1C. The lowest BCUT2D eigenvalue weighted by Crippen LogP contribution is -2.41. The van der Waals surface area contributed by atoms with E-state index in [1.165, 1.54) is 16.8 Å². The molecule has 0 saturated heterocycles. The Morgan fingerprint density at radius 2 is 1.92 bits per heavy atom. The fraction of sp³-hybridized carbons (Fsp3) is 0.600. The topological polar surface area (TPSA) is 106 Å². The highest BCUT2D eigenvalue weighted by atomic mass is 32.2. The minimum absolute atomic E-state index is 0.0219. The van der Waals surface area contributed by atoms with Gasteiger partial charge >= 0.3 is 5.97 Å². The van der Waals surface area contributed by atoms with E-state index in [0.717, 1.165) is 0 Å². The number of carbonyl (C=O) groups is 2. The molecule has 9 heteroatoms. The third-order valence-corrected chi connectivity index (χ3v) is 4.36. The molecule has 1 aromatic heterocycles. The lowest BCUT2D eigenvalue weighted by molar-refractivity contribution is -0.122. The molecule has 0 fully saturated rings. The standard InChI is InChI=1S/C15H25N3O5S/c1-6-23-14(20)12-9-11(10-18(12)5)24(21,22)16-8-7-13(19)17-15(2,3)4/h9-10,16H,6-8H2,1-5H3,(H,17,19). The highest BCUT2D eigenvalue weighted by molar-refractivity contribution is 7.89. The van der Waals surface area contributed by atoms with Crippen molar-refractivity contribution in [3.63, 3.8) is 0 Å². The van der Waals surface area contributed by atoms with Gasteiger partial charge < -0.3 is 14.6 Å². The Kier molecular flexibility index (Phi) is 6.56. The van der Waals surface area contributed by atoms with E-state index in [9.17, 15) is 18.0 Å². The summed E-state index contributed by atoms with van der Waals surface area (Å²) in [4.78, 5) is 23.4. The smallest absolute Gasteiger partial charge is 0.354 e. The third kappa shape index (κ3) is 5.97. The van der Waals surface area contributed by atoms with Crippen molar-refractivity contribution < 1.29 is 22.7 Å². The minimum Gasteiger partial charge on any atom is -0.461 e. The van der Waals surface area contributed by atoms with Crippen LogP contribution in [-0.4, -0.2) is 43.6 Å². The van der Waals surface area contributed by atoms with Crippen LogP contribution in [0.1, 0.15) is 44.6 Å². The van der Waals surface area contributed by atoms with Gasteiger partial charge in [-0.3, -0.25) is 4.79 Å². The van der Waals surface area contributed by atoms with Gasteiger partial charge in [0, 0.05) is 31.7 Å². The first-order chi connectivity index (χ1) is 11.0. The van der Waals surface area contributed by atoms with Crippen LogP contribution in [0.15, 0.2) is 17.2 Å². The van der Waals surface area contributed by atoms with Crippen LogP contribution in [0.3, 0.4) is 0 Å². The molecule has 1 rings (SSSR count). The minimum atomic E-state index is -3.81. The Hall–Kier alpha value is -1.87. The maximum atomic E-state index is 12.2. The molecule has 0 bridgehead atoms. The second-order valence-electron chi connectivity index (χ2n) is 6.34. The van der Waals surface area contributed by atoms with E-state index in [1.54, 1.807) is 14.0 Å². The molecule has 0 unspecified atom stereocenters. The van der Waals surface area contributed by atoms with Crippen molar-refractivity contribution in [3.8, 4) is 0 Å². The Balaban J connectivity index is 2.71. The number of hydrogen-bond acceptors (Lipinski definition) is 5. The molecule has 0 spiro atoms. The molecule has 136 valence electrons. The van der Waals surface area contributed by atoms with E-state index in [0.29, 0.717) is 0 Å². The third-order valence-electron chi connectivity index (χ3n) is 2.93. The molecule has 1 heterocycles. The van der Waals surface area contributed by atoms with Crippen molar-refractivity contribution in [1.29, 1.82) is 0 Å². The van der Waals surface area contributed by atoms with E-state index in [4.69, 9.17) is 4.74 Å². The van der Waals surface area contributed by atoms with Gasteiger partial charge in [0.2, 0.25) is 15.9 Å². The van der Waals surface area contributed by atoms with Crippen molar-refractivity contribution >= 4 is 21.9 Å². The summed E-state index contributed by atoms with van der Waals surface area (Å²) in [5.41, 5.74) is -0.230. The van der Waals surface area contributed by atoms with E-state index in [2.05, 4.69) is 10.0 Å². The Bertz CT molecular complexity index is 701. The zero-order valence-electron chi connectivity index (χ0n) is 14.7. The van der Waals surface area contributed by atoms with Crippen LogP contribution in [-0.2, 0) is 26.6 Å². The van der Waals surface area contributed by atoms with Crippen LogP contribution in [0.2, 0.25) is 0 Å². The zero-order chi connectivity index (χ0) is 18.5. The van der Waals surface area contributed by atoms with Crippen molar-refractivity contribution in [2.75, 3.05) is 13.2 Å². The highest BCUT2D eigenvalue weighted by Crippen LogP contribution is 2.14. The van der Waals surface area contributed by atoms with Crippen LogP contribution in [0.5, 0.6) is 0 Å². The average molecular weight is 359 g/mol. The maximum Gasteiger partial charge on any atom is 0.354 e. The van der Waals surface area contributed by atoms with Crippen LogP contribution in [0.4, 0.5) is 0 Å². The van der Waals surface area contributed by atoms with Crippen molar-refractivity contribution in [1.82, 2.24) is 14.6 Å². The molecule has 0 aromatic carbocycles. The summed E-state index contributed by atoms with van der Waals surface area (Å²) in [6, 6.07) is 1.25. The fourth-order valence-electron chi connectivity index (χ4n) is 1.95. The van der Waals surface area contributed by atoms with Gasteiger partial charge in [-0.05, 0) is 33.8 Å². The number of rotatable bonds is 7. The monoisotopic (exact) mass is 359 g/mol. The second kappa shape index (κ2) is 7.80. The van der Waals surface area contributed by atoms with E-state index in [-0.39, 0.29) is 41.6 Å². The number of nitrogens with zero attached hydrogens (tertiary/aromatic N) is 1. The van der Waals surface area contributed by atoms with E-state index in [1.807, 2.05) is 20.8 Å². The molecule has 24 heavy (non-hydrogen) atoms. The summed E-state index contributed by atoms with van der Waals surface area (Å²) in [5.74, 6) is -0.837. The summed E-state index contributed by atoms with van der Waals surface area (Å²) in [6.45, 7) is 7.37. The maximum absolute atomic E-state index is 12.2. The second-order valence-corrected chi connectivity index (χ2v) is 8.11. The van der Waals surface area contributed by atoms with Gasteiger partial charge in [-0.25, -0.2) is 17.9 Å². The Labute approximate surface area is 142 Å². The van der Waals surface area contributed by atoms with E-state index < -0.39 is 16.0 Å². The van der Waals surface area contributed by atoms with Gasteiger partial charge in [0.15, 0.2) is 0 Å². The van der Waals surface area contributed by atoms with Crippen molar-refractivity contribution in [3.05, 3.63) is 18.0 Å². The Morgan fingerprint density at radius 1 is 1.29 bits per heavy atom. The number of amides is 1. The summed E-state index contributed by atoms with van der Waals surface area (Å²) in [5, 5.41) is 2.75. The molecular weight excluding hydrogens is 334 g/mol. The summed E-state index contributed by atoms with van der Waals surface area (Å²) in [7, 11) is -2.25. The first-order valence-electron chi connectivity index (χ1n) is 7.60. The number of hydrogen-bond donors (Lipinski definition) is 2. The summed E-state index contributed by atoms with van der Waals surface area (Å²) >= 11 is 0. The molecular formula is C15H25N3O5S. The zero-order valence-corrected chi connectivity index (χ0v) is 15.5. The quantitative estimate of drug-likeness (QED) is 0.700. The molecule has 0 aliphatic carbocycles. The average Bonchev–Trinajstić information content (AvgIpc) is 2.79. The molecule has 0 saturated carbocycles. The molecule has 1 amide bonds. The summed E-state index contributed by atoms with van der Waals surface area (Å²) in [6.07, 6.45) is 1.35. The number of sulfonamides is 1. The molecule has 0 radical (unpaired) electrons. The molecule has 8 nitrogen and oxygen atoms in total. The van der Waals surface area contributed by atoms with Gasteiger partial charge in [0.25, 0.3) is 0 Å².